The number of nitrogens with zero attached hydrogens (tertiary/aromatic N) is 1. The highest BCUT2D eigenvalue weighted by Gasteiger charge is 2.20. The fourth-order valence-electron chi connectivity index (χ4n) is 2.13. The van der Waals surface area contributed by atoms with E-state index in [-0.39, 0.29) is 17.4 Å². The fourth-order valence-corrected chi connectivity index (χ4v) is 2.13. The molecule has 1 aromatic carbocycles. The molecule has 3 N–H and O–H groups in total. The predicted octanol–water partition coefficient (Wildman–Crippen LogP) is 2.48. The fraction of sp³-hybridized carbons (Fsp3) is 0.600. The van der Waals surface area contributed by atoms with Crippen molar-refractivity contribution in [2.75, 3.05) is 26.2 Å². The van der Waals surface area contributed by atoms with Crippen LogP contribution in [0.1, 0.15) is 40.2 Å². The Kier molecular flexibility index (Phi) is 8.96. The van der Waals surface area contributed by atoms with Gasteiger partial charge in [-0.3, -0.25) is 4.79 Å². The molecule has 0 saturated heterocycles. The number of amides is 1. The number of para-hydroxylation sites is 1. The third kappa shape index (κ3) is 8.23. The summed E-state index contributed by atoms with van der Waals surface area (Å²) in [5.74, 6) is 1.65. The maximum atomic E-state index is 11.8. The Morgan fingerprint density at radius 2 is 1.81 bits per heavy atom. The number of carbonyl (C=O) groups is 1. The lowest BCUT2D eigenvalue weighted by molar-refractivity contribution is -0.128. The van der Waals surface area contributed by atoms with Gasteiger partial charge in [-0.1, -0.05) is 39.0 Å². The van der Waals surface area contributed by atoms with Crippen molar-refractivity contribution in [1.82, 2.24) is 16.0 Å². The molecule has 0 aromatic heterocycles. The van der Waals surface area contributed by atoms with Gasteiger partial charge in [-0.15, -0.1) is 0 Å². The van der Waals surface area contributed by atoms with Crippen LogP contribution in [0.4, 0.5) is 0 Å². The smallest absolute Gasteiger partial charge is 0.225 e. The number of nitrogens with one attached hydrogen (secondary N) is 3. The van der Waals surface area contributed by atoms with Crippen molar-refractivity contribution >= 4 is 11.9 Å². The van der Waals surface area contributed by atoms with Gasteiger partial charge < -0.3 is 20.7 Å². The van der Waals surface area contributed by atoms with Gasteiger partial charge in [0.25, 0.3) is 0 Å². The molecule has 0 saturated carbocycles. The van der Waals surface area contributed by atoms with Gasteiger partial charge in [-0.05, 0) is 32.4 Å². The first kappa shape index (κ1) is 21.8. The zero-order valence-corrected chi connectivity index (χ0v) is 17.0. The average molecular weight is 363 g/mol. The monoisotopic (exact) mass is 362 g/mol. The highest BCUT2D eigenvalue weighted by Crippen LogP contribution is 2.17. The molecule has 1 atom stereocenters. The van der Waals surface area contributed by atoms with E-state index >= 15 is 0 Å². The Morgan fingerprint density at radius 3 is 2.42 bits per heavy atom. The van der Waals surface area contributed by atoms with Crippen LogP contribution in [0.3, 0.4) is 0 Å². The van der Waals surface area contributed by atoms with Crippen LogP contribution in [0.15, 0.2) is 29.3 Å². The number of rotatable bonds is 8. The van der Waals surface area contributed by atoms with Crippen LogP contribution in [-0.2, 0) is 4.79 Å². The molecule has 1 unspecified atom stereocenters. The van der Waals surface area contributed by atoms with Gasteiger partial charge in [0, 0.05) is 25.0 Å². The van der Waals surface area contributed by atoms with E-state index in [1.807, 2.05) is 65.8 Å². The molecular formula is C20H34N4O2. The number of ether oxygens (including phenoxy) is 1. The van der Waals surface area contributed by atoms with Crippen LogP contribution >= 0.6 is 0 Å². The molecule has 0 bridgehead atoms. The second kappa shape index (κ2) is 10.7. The first-order valence-electron chi connectivity index (χ1n) is 9.26. The average Bonchev–Trinajstić information content (AvgIpc) is 2.57. The molecule has 1 aromatic rings. The summed E-state index contributed by atoms with van der Waals surface area (Å²) >= 11 is 0. The number of aliphatic imine (C=N–C) groups is 1. The number of carbonyl (C=O) groups excluding carboxylic acids is 1. The van der Waals surface area contributed by atoms with E-state index in [0.29, 0.717) is 19.6 Å². The standard InChI is InChI=1S/C20H34N4O2/c1-7-21-19(23-13-12-22-18(25)20(4,5)6)24-14-16(3)26-17-11-9-8-10-15(17)2/h8-11,16H,7,12-14H2,1-6H3,(H,22,25)(H2,21,23,24). The summed E-state index contributed by atoms with van der Waals surface area (Å²) in [6.07, 6.45) is -0.0350. The van der Waals surface area contributed by atoms with Gasteiger partial charge >= 0.3 is 0 Å². The van der Waals surface area contributed by atoms with Crippen molar-refractivity contribution in [2.45, 2.75) is 47.6 Å². The van der Waals surface area contributed by atoms with E-state index in [2.05, 4.69) is 20.9 Å². The van der Waals surface area contributed by atoms with E-state index in [1.54, 1.807) is 0 Å². The summed E-state index contributed by atoms with van der Waals surface area (Å²) in [6.45, 7) is 14.2. The van der Waals surface area contributed by atoms with E-state index in [9.17, 15) is 4.79 Å². The largest absolute Gasteiger partial charge is 0.489 e. The number of hydrogen-bond acceptors (Lipinski definition) is 3. The molecule has 146 valence electrons. The van der Waals surface area contributed by atoms with Crippen molar-refractivity contribution in [2.24, 2.45) is 10.4 Å². The third-order valence-corrected chi connectivity index (χ3v) is 3.66. The van der Waals surface area contributed by atoms with Gasteiger partial charge in [0.15, 0.2) is 5.96 Å². The summed E-state index contributed by atoms with van der Waals surface area (Å²) in [5, 5.41) is 9.34. The Morgan fingerprint density at radius 1 is 1.15 bits per heavy atom. The minimum absolute atomic E-state index is 0.0350. The van der Waals surface area contributed by atoms with E-state index in [0.717, 1.165) is 23.8 Å². The van der Waals surface area contributed by atoms with Crippen molar-refractivity contribution in [3.8, 4) is 5.75 Å². The van der Waals surface area contributed by atoms with Gasteiger partial charge in [0.1, 0.15) is 11.9 Å². The number of guanidine groups is 1. The summed E-state index contributed by atoms with van der Waals surface area (Å²) < 4.78 is 5.95. The predicted molar refractivity (Wildman–Crippen MR) is 108 cm³/mol. The molecular weight excluding hydrogens is 328 g/mol. The van der Waals surface area contributed by atoms with Crippen LogP contribution in [0.5, 0.6) is 5.75 Å². The maximum absolute atomic E-state index is 11.8. The molecule has 0 radical (unpaired) electrons. The summed E-state index contributed by atoms with van der Waals surface area (Å²) in [4.78, 5) is 16.4. The van der Waals surface area contributed by atoms with Gasteiger partial charge in [0.05, 0.1) is 6.54 Å². The zero-order chi connectivity index (χ0) is 19.6. The number of hydrogen-bond donors (Lipinski definition) is 3. The molecule has 6 heteroatoms. The third-order valence-electron chi connectivity index (χ3n) is 3.66. The van der Waals surface area contributed by atoms with Crippen LogP contribution in [0.2, 0.25) is 0 Å². The lowest BCUT2D eigenvalue weighted by atomic mass is 9.96. The van der Waals surface area contributed by atoms with Crippen molar-refractivity contribution < 1.29 is 9.53 Å². The van der Waals surface area contributed by atoms with Crippen LogP contribution < -0.4 is 20.7 Å². The maximum Gasteiger partial charge on any atom is 0.225 e. The van der Waals surface area contributed by atoms with Crippen molar-refractivity contribution in [3.63, 3.8) is 0 Å². The molecule has 1 rings (SSSR count). The summed E-state index contributed by atoms with van der Waals surface area (Å²) in [7, 11) is 0. The Hall–Kier alpha value is -2.24. The van der Waals surface area contributed by atoms with Gasteiger partial charge in [0.2, 0.25) is 5.91 Å². The highest BCUT2D eigenvalue weighted by atomic mass is 16.5. The normalized spacial score (nSPS) is 13.1. The topological polar surface area (TPSA) is 74.8 Å². The van der Waals surface area contributed by atoms with Crippen LogP contribution in [0, 0.1) is 12.3 Å². The first-order chi connectivity index (χ1) is 12.2. The second-order valence-corrected chi connectivity index (χ2v) is 7.35. The SMILES string of the molecule is CCNC(=NCC(C)Oc1ccccc1C)NCCNC(=O)C(C)(C)C. The minimum atomic E-state index is -0.374. The van der Waals surface area contributed by atoms with Crippen molar-refractivity contribution in [1.29, 1.82) is 0 Å². The van der Waals surface area contributed by atoms with Gasteiger partial charge in [-0.2, -0.15) is 0 Å². The first-order valence-corrected chi connectivity index (χ1v) is 9.26. The quantitative estimate of drug-likeness (QED) is 0.377. The Balaban J connectivity index is 2.45. The molecule has 6 nitrogen and oxygen atoms in total. The molecule has 0 aliphatic heterocycles. The Labute approximate surface area is 157 Å². The number of benzene rings is 1. The van der Waals surface area contributed by atoms with Crippen LogP contribution in [-0.4, -0.2) is 44.1 Å². The lowest BCUT2D eigenvalue weighted by Crippen LogP contribution is -2.43. The molecule has 0 fully saturated rings. The molecule has 26 heavy (non-hydrogen) atoms. The molecule has 0 heterocycles. The molecule has 0 aliphatic rings. The van der Waals surface area contributed by atoms with Gasteiger partial charge in [-0.25, -0.2) is 4.99 Å². The second-order valence-electron chi connectivity index (χ2n) is 7.35. The van der Waals surface area contributed by atoms with Crippen LogP contribution in [0.25, 0.3) is 0 Å². The molecule has 1 amide bonds. The Bertz CT molecular complexity index is 594. The lowest BCUT2D eigenvalue weighted by Gasteiger charge is -2.18. The minimum Gasteiger partial charge on any atom is -0.489 e. The summed E-state index contributed by atoms with van der Waals surface area (Å²) in [5.41, 5.74) is 0.740. The van der Waals surface area contributed by atoms with E-state index in [1.165, 1.54) is 0 Å². The van der Waals surface area contributed by atoms with E-state index < -0.39 is 0 Å². The van der Waals surface area contributed by atoms with E-state index in [4.69, 9.17) is 4.74 Å². The molecule has 0 spiro atoms. The number of aryl methyl sites for hydroxylation is 1. The highest BCUT2D eigenvalue weighted by molar-refractivity contribution is 5.81. The molecule has 0 aliphatic carbocycles. The summed E-state index contributed by atoms with van der Waals surface area (Å²) in [6, 6.07) is 7.96. The van der Waals surface area contributed by atoms with Crippen molar-refractivity contribution in [3.05, 3.63) is 29.8 Å². The zero-order valence-electron chi connectivity index (χ0n) is 17.0.